The molecule has 0 amide bonds. The number of carboxylic acid groups (broad SMARTS) is 1. The molecule has 0 aliphatic carbocycles. The van der Waals surface area contributed by atoms with Gasteiger partial charge < -0.3 is 20.4 Å². The Morgan fingerprint density at radius 3 is 1.35 bits per heavy atom. The quantitative estimate of drug-likeness (QED) is 0.545. The zero-order chi connectivity index (χ0) is 16.4. The molecule has 4 N–H and O–H groups in total. The zero-order valence-electron chi connectivity index (χ0n) is 13.5. The Balaban J connectivity index is 5.63. The van der Waals surface area contributed by atoms with Gasteiger partial charge in [-0.25, -0.2) is 0 Å². The molecule has 0 rings (SSSR count). The van der Waals surface area contributed by atoms with Gasteiger partial charge in [0.05, 0.1) is 11.0 Å². The van der Waals surface area contributed by atoms with Crippen molar-refractivity contribution < 1.29 is 25.2 Å². The van der Waals surface area contributed by atoms with Crippen LogP contribution in [0.3, 0.4) is 0 Å². The maximum absolute atomic E-state index is 11.5. The van der Waals surface area contributed by atoms with E-state index in [-0.39, 0.29) is 26.1 Å². The van der Waals surface area contributed by atoms with Crippen molar-refractivity contribution >= 4 is 5.97 Å². The summed E-state index contributed by atoms with van der Waals surface area (Å²) in [5.74, 6) is -1.09. The molecule has 0 aliphatic heterocycles. The van der Waals surface area contributed by atoms with Gasteiger partial charge in [0.15, 0.2) is 0 Å². The topological polar surface area (TPSA) is 98.0 Å². The highest BCUT2D eigenvalue weighted by Crippen LogP contribution is 2.46. The first-order valence-electron chi connectivity index (χ1n) is 6.91. The molecule has 120 valence electrons. The molecule has 5 heteroatoms. The third-order valence-corrected chi connectivity index (χ3v) is 4.10. The number of aliphatic hydroxyl groups excluding tert-OH is 2. The van der Waals surface area contributed by atoms with Crippen LogP contribution >= 0.6 is 0 Å². The third-order valence-electron chi connectivity index (χ3n) is 4.10. The Kier molecular flexibility index (Phi) is 5.80. The maximum atomic E-state index is 11.5. The molecule has 0 spiro atoms. The van der Waals surface area contributed by atoms with Crippen LogP contribution in [0.5, 0.6) is 0 Å². The van der Waals surface area contributed by atoms with Crippen molar-refractivity contribution in [1.29, 1.82) is 0 Å². The molecule has 20 heavy (non-hydrogen) atoms. The van der Waals surface area contributed by atoms with Gasteiger partial charge in [-0.05, 0) is 37.5 Å². The lowest BCUT2D eigenvalue weighted by Gasteiger charge is -2.47. The summed E-state index contributed by atoms with van der Waals surface area (Å²) in [6.07, 6.45) is 0.276. The molecule has 5 nitrogen and oxygen atoms in total. The second-order valence-electron chi connectivity index (χ2n) is 7.96. The Labute approximate surface area is 121 Å². The predicted molar refractivity (Wildman–Crippen MR) is 77.3 cm³/mol. The first kappa shape index (κ1) is 19.4. The molecular weight excluding hydrogens is 260 g/mol. The van der Waals surface area contributed by atoms with Crippen molar-refractivity contribution in [3.8, 4) is 0 Å². The van der Waals surface area contributed by atoms with Gasteiger partial charge in [-0.2, -0.15) is 0 Å². The molecule has 0 aliphatic rings. The van der Waals surface area contributed by atoms with Crippen LogP contribution in [0.1, 0.15) is 54.4 Å². The van der Waals surface area contributed by atoms with Gasteiger partial charge in [0.25, 0.3) is 0 Å². The number of carbonyl (C=O) groups is 1. The van der Waals surface area contributed by atoms with E-state index in [4.69, 9.17) is 0 Å². The second-order valence-corrected chi connectivity index (χ2v) is 7.96. The molecule has 0 aromatic heterocycles. The average Bonchev–Trinajstić information content (AvgIpc) is 2.27. The largest absolute Gasteiger partial charge is 0.481 e. The summed E-state index contributed by atoms with van der Waals surface area (Å²) >= 11 is 0. The number of aliphatic carboxylic acids is 1. The van der Waals surface area contributed by atoms with Gasteiger partial charge in [-0.15, -0.1) is 0 Å². The van der Waals surface area contributed by atoms with Crippen molar-refractivity contribution in [2.24, 2.45) is 16.2 Å². The Morgan fingerprint density at radius 2 is 1.15 bits per heavy atom. The lowest BCUT2D eigenvalue weighted by Crippen LogP contribution is -2.54. The normalized spacial score (nSPS) is 14.4. The van der Waals surface area contributed by atoms with E-state index in [0.717, 1.165) is 0 Å². The van der Waals surface area contributed by atoms with E-state index in [1.165, 1.54) is 13.8 Å². The summed E-state index contributed by atoms with van der Waals surface area (Å²) in [4.78, 5) is 11.5. The lowest BCUT2D eigenvalue weighted by atomic mass is 9.62. The van der Waals surface area contributed by atoms with E-state index < -0.39 is 27.8 Å². The zero-order valence-corrected chi connectivity index (χ0v) is 13.5. The minimum atomic E-state index is -1.53. The Hall–Kier alpha value is -0.650. The lowest BCUT2D eigenvalue weighted by molar-refractivity contribution is -0.177. The van der Waals surface area contributed by atoms with E-state index in [1.54, 1.807) is 27.7 Å². The van der Waals surface area contributed by atoms with Crippen molar-refractivity contribution in [2.75, 3.05) is 13.2 Å². The van der Waals surface area contributed by atoms with E-state index in [2.05, 4.69) is 0 Å². The molecule has 0 saturated carbocycles. The minimum absolute atomic E-state index is 0.138. The second kappa shape index (κ2) is 6.00. The van der Waals surface area contributed by atoms with Crippen LogP contribution in [-0.2, 0) is 4.79 Å². The van der Waals surface area contributed by atoms with Gasteiger partial charge in [-0.3, -0.25) is 4.79 Å². The first-order chi connectivity index (χ1) is 8.73. The van der Waals surface area contributed by atoms with E-state index in [0.29, 0.717) is 0 Å². The first-order valence-corrected chi connectivity index (χ1v) is 6.91. The minimum Gasteiger partial charge on any atom is -0.481 e. The van der Waals surface area contributed by atoms with Crippen LogP contribution in [0.2, 0.25) is 0 Å². The summed E-state index contributed by atoms with van der Waals surface area (Å²) in [7, 11) is 0. The van der Waals surface area contributed by atoms with Crippen molar-refractivity contribution in [3.05, 3.63) is 0 Å². The van der Waals surface area contributed by atoms with Crippen LogP contribution in [0.4, 0.5) is 0 Å². The highest BCUT2D eigenvalue weighted by molar-refractivity contribution is 5.75. The van der Waals surface area contributed by atoms with Crippen molar-refractivity contribution in [2.45, 2.75) is 60.0 Å². The summed E-state index contributed by atoms with van der Waals surface area (Å²) in [6, 6.07) is 0. The molecule has 0 aromatic carbocycles. The van der Waals surface area contributed by atoms with Gasteiger partial charge in [-0.1, -0.05) is 27.7 Å². The standard InChI is InChI=1S/C15H30O5/c1-12(2,9-16)7-15(20,8-13(3,4)10-17)14(5,6)11(18)19/h16-17,20H,7-10H2,1-6H3,(H,18,19). The van der Waals surface area contributed by atoms with E-state index in [9.17, 15) is 25.2 Å². The Morgan fingerprint density at radius 1 is 0.850 bits per heavy atom. The fraction of sp³-hybridized carbons (Fsp3) is 0.933. The van der Waals surface area contributed by atoms with Gasteiger partial charge >= 0.3 is 5.97 Å². The van der Waals surface area contributed by atoms with Crippen LogP contribution < -0.4 is 0 Å². The van der Waals surface area contributed by atoms with Gasteiger partial charge in [0.1, 0.15) is 0 Å². The summed E-state index contributed by atoms with van der Waals surface area (Å²) in [5.41, 5.74) is -4.12. The smallest absolute Gasteiger partial charge is 0.312 e. The number of hydrogen-bond acceptors (Lipinski definition) is 4. The summed E-state index contributed by atoms with van der Waals surface area (Å²) < 4.78 is 0. The van der Waals surface area contributed by atoms with Crippen molar-refractivity contribution in [3.63, 3.8) is 0 Å². The fourth-order valence-electron chi connectivity index (χ4n) is 2.40. The van der Waals surface area contributed by atoms with Crippen LogP contribution in [0, 0.1) is 16.2 Å². The average molecular weight is 290 g/mol. The monoisotopic (exact) mass is 290 g/mol. The molecule has 0 atom stereocenters. The predicted octanol–water partition coefficient (Wildman–Crippen LogP) is 1.65. The summed E-state index contributed by atoms with van der Waals surface area (Å²) in [6.45, 7) is 9.79. The maximum Gasteiger partial charge on any atom is 0.312 e. The molecule has 0 bridgehead atoms. The molecule has 0 fully saturated rings. The molecule has 0 radical (unpaired) electrons. The fourth-order valence-corrected chi connectivity index (χ4v) is 2.40. The number of rotatable bonds is 8. The number of aliphatic hydroxyl groups is 3. The van der Waals surface area contributed by atoms with Gasteiger partial charge in [0.2, 0.25) is 0 Å². The molecular formula is C15H30O5. The molecule has 0 heterocycles. The highest BCUT2D eigenvalue weighted by atomic mass is 16.4. The highest BCUT2D eigenvalue weighted by Gasteiger charge is 2.53. The van der Waals surface area contributed by atoms with Gasteiger partial charge in [0, 0.05) is 13.2 Å². The molecule has 0 unspecified atom stereocenters. The van der Waals surface area contributed by atoms with Crippen molar-refractivity contribution in [1.82, 2.24) is 0 Å². The van der Waals surface area contributed by atoms with Crippen LogP contribution in [0.15, 0.2) is 0 Å². The van der Waals surface area contributed by atoms with E-state index >= 15 is 0 Å². The SMILES string of the molecule is CC(C)(CO)CC(O)(CC(C)(C)CO)C(C)(C)C(=O)O. The van der Waals surface area contributed by atoms with Crippen LogP contribution in [-0.4, -0.2) is 45.2 Å². The number of carboxylic acids is 1. The molecule has 0 saturated heterocycles. The van der Waals surface area contributed by atoms with E-state index in [1.807, 2.05) is 0 Å². The summed E-state index contributed by atoms with van der Waals surface area (Å²) in [5, 5.41) is 39.3. The van der Waals surface area contributed by atoms with Crippen LogP contribution in [0.25, 0.3) is 0 Å². The number of hydrogen-bond donors (Lipinski definition) is 4. The Bertz CT molecular complexity index is 326. The molecule has 0 aromatic rings. The third kappa shape index (κ3) is 4.43.